The Labute approximate surface area is 144 Å². The SMILES string of the molecule is O=C(CSc1ccc(NC(=O)C2CC2)cc1)c1ccccc1Cl. The summed E-state index contributed by atoms with van der Waals surface area (Å²) in [4.78, 5) is 24.8. The molecule has 118 valence electrons. The first kappa shape index (κ1) is 16.1. The molecule has 1 N–H and O–H groups in total. The third kappa shape index (κ3) is 4.36. The molecule has 0 bridgehead atoms. The lowest BCUT2D eigenvalue weighted by atomic mass is 10.1. The highest BCUT2D eigenvalue weighted by molar-refractivity contribution is 8.00. The van der Waals surface area contributed by atoms with Crippen LogP contribution in [0.25, 0.3) is 0 Å². The smallest absolute Gasteiger partial charge is 0.227 e. The van der Waals surface area contributed by atoms with Crippen molar-refractivity contribution in [2.45, 2.75) is 17.7 Å². The molecule has 1 amide bonds. The molecule has 5 heteroatoms. The Balaban J connectivity index is 1.55. The Hall–Kier alpha value is -1.78. The molecule has 2 aromatic rings. The summed E-state index contributed by atoms with van der Waals surface area (Å²) in [5.41, 5.74) is 1.35. The molecule has 3 nitrogen and oxygen atoms in total. The first-order chi connectivity index (χ1) is 11.1. The topological polar surface area (TPSA) is 46.2 Å². The number of hydrogen-bond donors (Lipinski definition) is 1. The summed E-state index contributed by atoms with van der Waals surface area (Å²) >= 11 is 7.49. The van der Waals surface area contributed by atoms with Gasteiger partial charge in [-0.15, -0.1) is 11.8 Å². The molecule has 0 radical (unpaired) electrons. The molecule has 1 aliphatic carbocycles. The second kappa shape index (κ2) is 7.20. The minimum absolute atomic E-state index is 0.00622. The Morgan fingerprint density at radius 1 is 1.09 bits per heavy atom. The van der Waals surface area contributed by atoms with Crippen molar-refractivity contribution >= 4 is 40.7 Å². The van der Waals surface area contributed by atoms with Gasteiger partial charge in [-0.05, 0) is 49.2 Å². The van der Waals surface area contributed by atoms with Gasteiger partial charge in [0.2, 0.25) is 5.91 Å². The van der Waals surface area contributed by atoms with Crippen molar-refractivity contribution < 1.29 is 9.59 Å². The van der Waals surface area contributed by atoms with Crippen molar-refractivity contribution in [1.82, 2.24) is 0 Å². The number of thioether (sulfide) groups is 1. The lowest BCUT2D eigenvalue weighted by molar-refractivity contribution is -0.117. The van der Waals surface area contributed by atoms with Crippen molar-refractivity contribution in [2.75, 3.05) is 11.1 Å². The van der Waals surface area contributed by atoms with Crippen LogP contribution in [0.15, 0.2) is 53.4 Å². The number of ketones is 1. The highest BCUT2D eigenvalue weighted by atomic mass is 35.5. The lowest BCUT2D eigenvalue weighted by Gasteiger charge is -2.06. The minimum Gasteiger partial charge on any atom is -0.326 e. The number of halogens is 1. The maximum Gasteiger partial charge on any atom is 0.227 e. The summed E-state index contributed by atoms with van der Waals surface area (Å²) in [5.74, 6) is 0.626. The van der Waals surface area contributed by atoms with E-state index in [0.29, 0.717) is 16.3 Å². The molecule has 0 saturated heterocycles. The van der Waals surface area contributed by atoms with Gasteiger partial charge >= 0.3 is 0 Å². The zero-order valence-corrected chi connectivity index (χ0v) is 14.0. The van der Waals surface area contributed by atoms with Crippen LogP contribution in [0, 0.1) is 5.92 Å². The summed E-state index contributed by atoms with van der Waals surface area (Å²) in [6.07, 6.45) is 1.98. The van der Waals surface area contributed by atoms with Gasteiger partial charge in [0.1, 0.15) is 0 Å². The number of benzene rings is 2. The van der Waals surface area contributed by atoms with Crippen LogP contribution in [0.2, 0.25) is 5.02 Å². The molecule has 1 saturated carbocycles. The van der Waals surface area contributed by atoms with Crippen molar-refractivity contribution in [3.8, 4) is 0 Å². The summed E-state index contributed by atoms with van der Waals surface area (Å²) in [6, 6.07) is 14.6. The number of nitrogens with one attached hydrogen (secondary N) is 1. The van der Waals surface area contributed by atoms with E-state index in [0.717, 1.165) is 23.4 Å². The molecule has 0 atom stereocenters. The van der Waals surface area contributed by atoms with Gasteiger partial charge < -0.3 is 5.32 Å². The van der Waals surface area contributed by atoms with Gasteiger partial charge in [-0.25, -0.2) is 0 Å². The summed E-state index contributed by atoms with van der Waals surface area (Å²) in [6.45, 7) is 0. The maximum atomic E-state index is 12.2. The van der Waals surface area contributed by atoms with E-state index in [4.69, 9.17) is 11.6 Å². The van der Waals surface area contributed by atoms with E-state index >= 15 is 0 Å². The molecule has 0 spiro atoms. The molecule has 1 aliphatic rings. The van der Waals surface area contributed by atoms with Crippen molar-refractivity contribution in [2.24, 2.45) is 5.92 Å². The first-order valence-electron chi connectivity index (χ1n) is 7.45. The number of carbonyl (C=O) groups excluding carboxylic acids is 2. The van der Waals surface area contributed by atoms with Crippen LogP contribution in [-0.4, -0.2) is 17.4 Å². The largest absolute Gasteiger partial charge is 0.326 e. The second-order valence-electron chi connectivity index (χ2n) is 5.48. The predicted octanol–water partition coefficient (Wildman–Crippen LogP) is 4.66. The number of rotatable bonds is 6. The molecule has 0 aromatic heterocycles. The van der Waals surface area contributed by atoms with Gasteiger partial charge in [0.05, 0.1) is 10.8 Å². The van der Waals surface area contributed by atoms with E-state index < -0.39 is 0 Å². The fraction of sp³-hybridized carbons (Fsp3) is 0.222. The van der Waals surface area contributed by atoms with Gasteiger partial charge in [0, 0.05) is 22.1 Å². The number of carbonyl (C=O) groups is 2. The molecular formula is C18H16ClNO2S. The van der Waals surface area contributed by atoms with Gasteiger partial charge in [-0.3, -0.25) is 9.59 Å². The third-order valence-electron chi connectivity index (χ3n) is 3.61. The lowest BCUT2D eigenvalue weighted by Crippen LogP contribution is -2.12. The number of Topliss-reactive ketones (excluding diaryl/α,β-unsaturated/α-hetero) is 1. The molecule has 23 heavy (non-hydrogen) atoms. The fourth-order valence-electron chi connectivity index (χ4n) is 2.14. The molecule has 2 aromatic carbocycles. The van der Waals surface area contributed by atoms with Crippen molar-refractivity contribution in [1.29, 1.82) is 0 Å². The van der Waals surface area contributed by atoms with E-state index in [1.165, 1.54) is 11.8 Å². The Kier molecular flexibility index (Phi) is 5.03. The van der Waals surface area contributed by atoms with Crippen molar-refractivity contribution in [3.05, 3.63) is 59.1 Å². The fourth-order valence-corrected chi connectivity index (χ4v) is 3.16. The first-order valence-corrected chi connectivity index (χ1v) is 8.81. The van der Waals surface area contributed by atoms with Crippen LogP contribution < -0.4 is 5.32 Å². The average molecular weight is 346 g/mol. The molecular weight excluding hydrogens is 330 g/mol. The van der Waals surface area contributed by atoms with Crippen molar-refractivity contribution in [3.63, 3.8) is 0 Å². The number of hydrogen-bond acceptors (Lipinski definition) is 3. The summed E-state index contributed by atoms with van der Waals surface area (Å²) in [7, 11) is 0. The molecule has 0 heterocycles. The highest BCUT2D eigenvalue weighted by Gasteiger charge is 2.29. The van der Waals surface area contributed by atoms with E-state index in [2.05, 4.69) is 5.32 Å². The summed E-state index contributed by atoms with van der Waals surface area (Å²) in [5, 5.41) is 3.38. The number of anilines is 1. The van der Waals surface area contributed by atoms with Gasteiger partial charge in [0.15, 0.2) is 5.78 Å². The van der Waals surface area contributed by atoms with Crippen LogP contribution in [0.4, 0.5) is 5.69 Å². The van der Waals surface area contributed by atoms with Crippen LogP contribution in [0.3, 0.4) is 0 Å². The number of amides is 1. The predicted molar refractivity (Wildman–Crippen MR) is 94.3 cm³/mol. The van der Waals surface area contributed by atoms with Crippen LogP contribution >= 0.6 is 23.4 Å². The van der Waals surface area contributed by atoms with E-state index in [-0.39, 0.29) is 17.6 Å². The second-order valence-corrected chi connectivity index (χ2v) is 6.94. The van der Waals surface area contributed by atoms with E-state index in [1.54, 1.807) is 24.3 Å². The Bertz CT molecular complexity index is 726. The summed E-state index contributed by atoms with van der Waals surface area (Å²) < 4.78 is 0. The zero-order chi connectivity index (χ0) is 16.2. The Morgan fingerprint density at radius 2 is 1.78 bits per heavy atom. The maximum absolute atomic E-state index is 12.2. The quantitative estimate of drug-likeness (QED) is 0.611. The van der Waals surface area contributed by atoms with Gasteiger partial charge in [-0.2, -0.15) is 0 Å². The molecule has 0 aliphatic heterocycles. The molecule has 3 rings (SSSR count). The van der Waals surface area contributed by atoms with E-state index in [9.17, 15) is 9.59 Å². The molecule has 0 unspecified atom stereocenters. The normalized spacial score (nSPS) is 13.6. The highest BCUT2D eigenvalue weighted by Crippen LogP contribution is 2.30. The van der Waals surface area contributed by atoms with Crippen LogP contribution in [-0.2, 0) is 4.79 Å². The monoisotopic (exact) mass is 345 g/mol. The van der Waals surface area contributed by atoms with E-state index in [1.807, 2.05) is 24.3 Å². The van der Waals surface area contributed by atoms with Crippen LogP contribution in [0.1, 0.15) is 23.2 Å². The minimum atomic E-state index is 0.00622. The standard InChI is InChI=1S/C18H16ClNO2S/c19-16-4-2-1-3-15(16)17(21)11-23-14-9-7-13(8-10-14)20-18(22)12-5-6-12/h1-4,7-10,12H,5-6,11H2,(H,20,22). The molecule has 1 fully saturated rings. The van der Waals surface area contributed by atoms with Crippen LogP contribution in [0.5, 0.6) is 0 Å². The van der Waals surface area contributed by atoms with Gasteiger partial charge in [-0.1, -0.05) is 23.7 Å². The third-order valence-corrected chi connectivity index (χ3v) is 4.96. The zero-order valence-electron chi connectivity index (χ0n) is 12.4. The Morgan fingerprint density at radius 3 is 2.43 bits per heavy atom. The van der Waals surface area contributed by atoms with Gasteiger partial charge in [0.25, 0.3) is 0 Å². The average Bonchev–Trinajstić information content (AvgIpc) is 3.39.